The average Bonchev–Trinajstić information content (AvgIpc) is 3.36. The van der Waals surface area contributed by atoms with E-state index in [0.29, 0.717) is 13.1 Å². The van der Waals surface area contributed by atoms with Crippen molar-refractivity contribution in [1.29, 1.82) is 0 Å². The standard InChI is InChI=1S/C24H30N4O2S/c1-24(2,3)19-11-8-12-20(13-19)26-22-15-28(14-21(22)18-9-6-5-7-10-18)31(29,30)23-16-27(4)17-25-23/h5-13,16-17,21-22,26H,14-15H2,1-4H3/t21-,22+/m1/s1. The molecule has 0 saturated carbocycles. The highest BCUT2D eigenvalue weighted by Gasteiger charge is 2.41. The Morgan fingerprint density at radius 2 is 1.77 bits per heavy atom. The smallest absolute Gasteiger partial charge is 0.262 e. The summed E-state index contributed by atoms with van der Waals surface area (Å²) in [4.78, 5) is 4.09. The number of nitrogens with zero attached hydrogens (tertiary/aromatic N) is 3. The first kappa shape index (κ1) is 21.6. The molecule has 164 valence electrons. The third-order valence-corrected chi connectivity index (χ3v) is 7.60. The van der Waals surface area contributed by atoms with Gasteiger partial charge in [-0.15, -0.1) is 0 Å². The number of hydrogen-bond donors (Lipinski definition) is 1. The summed E-state index contributed by atoms with van der Waals surface area (Å²) in [5, 5.41) is 3.72. The fourth-order valence-corrected chi connectivity index (χ4v) is 5.55. The summed E-state index contributed by atoms with van der Waals surface area (Å²) in [6.45, 7) is 7.37. The lowest BCUT2D eigenvalue weighted by Gasteiger charge is -2.24. The molecule has 31 heavy (non-hydrogen) atoms. The van der Waals surface area contributed by atoms with Gasteiger partial charge in [0.2, 0.25) is 0 Å². The van der Waals surface area contributed by atoms with Gasteiger partial charge in [0, 0.05) is 44.0 Å². The molecule has 1 saturated heterocycles. The zero-order valence-electron chi connectivity index (χ0n) is 18.5. The molecule has 6 nitrogen and oxygen atoms in total. The van der Waals surface area contributed by atoms with Gasteiger partial charge in [0.05, 0.1) is 6.33 Å². The van der Waals surface area contributed by atoms with Crippen LogP contribution in [0, 0.1) is 0 Å². The highest BCUT2D eigenvalue weighted by molar-refractivity contribution is 7.89. The van der Waals surface area contributed by atoms with Gasteiger partial charge in [-0.1, -0.05) is 63.2 Å². The average molecular weight is 439 g/mol. The van der Waals surface area contributed by atoms with Crippen LogP contribution in [0.15, 0.2) is 72.1 Å². The van der Waals surface area contributed by atoms with Gasteiger partial charge in [-0.2, -0.15) is 4.31 Å². The normalized spacial score (nSPS) is 20.1. The Morgan fingerprint density at radius 3 is 2.42 bits per heavy atom. The Morgan fingerprint density at radius 1 is 1.03 bits per heavy atom. The van der Waals surface area contributed by atoms with Gasteiger partial charge in [0.15, 0.2) is 5.03 Å². The Balaban J connectivity index is 1.65. The van der Waals surface area contributed by atoms with E-state index in [-0.39, 0.29) is 22.4 Å². The van der Waals surface area contributed by atoms with Gasteiger partial charge in [0.1, 0.15) is 0 Å². The van der Waals surface area contributed by atoms with Crippen LogP contribution in [-0.2, 0) is 22.5 Å². The van der Waals surface area contributed by atoms with Gasteiger partial charge in [-0.3, -0.25) is 0 Å². The largest absolute Gasteiger partial charge is 0.380 e. The van der Waals surface area contributed by atoms with Crippen LogP contribution in [-0.4, -0.2) is 41.4 Å². The predicted molar refractivity (Wildman–Crippen MR) is 124 cm³/mol. The molecule has 0 unspecified atom stereocenters. The molecule has 2 heterocycles. The number of aromatic nitrogens is 2. The van der Waals surface area contributed by atoms with Gasteiger partial charge in [-0.25, -0.2) is 13.4 Å². The fraction of sp³-hybridized carbons (Fsp3) is 0.375. The summed E-state index contributed by atoms with van der Waals surface area (Å²) < 4.78 is 29.7. The van der Waals surface area contributed by atoms with Crippen LogP contribution in [0.1, 0.15) is 37.8 Å². The van der Waals surface area contributed by atoms with E-state index >= 15 is 0 Å². The number of nitrogens with one attached hydrogen (secondary N) is 1. The molecule has 1 fully saturated rings. The third-order valence-electron chi connectivity index (χ3n) is 5.88. The SMILES string of the molecule is Cn1cnc(S(=O)(=O)N2C[C@H](Nc3cccc(C(C)(C)C)c3)[C@@H](c3ccccc3)C2)c1. The summed E-state index contributed by atoms with van der Waals surface area (Å²) in [5.41, 5.74) is 3.42. The molecule has 0 amide bonds. The highest BCUT2D eigenvalue weighted by atomic mass is 32.2. The van der Waals surface area contributed by atoms with Crippen molar-refractivity contribution in [3.63, 3.8) is 0 Å². The lowest BCUT2D eigenvalue weighted by molar-refractivity contribution is 0.468. The molecule has 0 radical (unpaired) electrons. The van der Waals surface area contributed by atoms with Gasteiger partial charge < -0.3 is 9.88 Å². The van der Waals surface area contributed by atoms with Crippen LogP contribution in [0.4, 0.5) is 5.69 Å². The summed E-state index contributed by atoms with van der Waals surface area (Å²) >= 11 is 0. The Hall–Kier alpha value is -2.64. The number of hydrogen-bond acceptors (Lipinski definition) is 4. The molecule has 0 aliphatic carbocycles. The van der Waals surface area contributed by atoms with Crippen molar-refractivity contribution in [3.8, 4) is 0 Å². The predicted octanol–water partition coefficient (Wildman–Crippen LogP) is 3.99. The lowest BCUT2D eigenvalue weighted by Crippen LogP contribution is -2.32. The molecule has 1 aliphatic rings. The van der Waals surface area contributed by atoms with E-state index < -0.39 is 10.0 Å². The first-order valence-electron chi connectivity index (χ1n) is 10.5. The molecule has 2 aromatic carbocycles. The molecule has 3 aromatic rings. The highest BCUT2D eigenvalue weighted by Crippen LogP contribution is 2.34. The number of imidazole rings is 1. The van der Waals surface area contributed by atoms with E-state index in [0.717, 1.165) is 11.3 Å². The summed E-state index contributed by atoms with van der Waals surface area (Å²) in [6, 6.07) is 18.5. The second-order valence-corrected chi connectivity index (χ2v) is 11.2. The van der Waals surface area contributed by atoms with Gasteiger partial charge in [-0.05, 0) is 28.7 Å². The second kappa shape index (κ2) is 8.13. The van der Waals surface area contributed by atoms with E-state index in [4.69, 9.17) is 0 Å². The Labute approximate surface area is 185 Å². The molecular weight excluding hydrogens is 408 g/mol. The van der Waals surface area contributed by atoms with Crippen molar-refractivity contribution in [2.45, 2.75) is 43.2 Å². The van der Waals surface area contributed by atoms with Crippen LogP contribution in [0.3, 0.4) is 0 Å². The zero-order valence-corrected chi connectivity index (χ0v) is 19.3. The topological polar surface area (TPSA) is 67.2 Å². The molecule has 0 bridgehead atoms. The second-order valence-electron chi connectivity index (χ2n) is 9.30. The molecule has 0 spiro atoms. The number of benzene rings is 2. The van der Waals surface area contributed by atoms with Crippen molar-refractivity contribution < 1.29 is 8.42 Å². The minimum Gasteiger partial charge on any atom is -0.380 e. The van der Waals surface area contributed by atoms with E-state index in [1.165, 1.54) is 11.9 Å². The van der Waals surface area contributed by atoms with Crippen molar-refractivity contribution in [2.75, 3.05) is 18.4 Å². The van der Waals surface area contributed by atoms with Crippen LogP contribution in [0.25, 0.3) is 0 Å². The lowest BCUT2D eigenvalue weighted by atomic mass is 9.87. The summed E-state index contributed by atoms with van der Waals surface area (Å²) in [5.74, 6) is 0.0398. The summed E-state index contributed by atoms with van der Waals surface area (Å²) in [7, 11) is -1.88. The van der Waals surface area contributed by atoms with Crippen LogP contribution >= 0.6 is 0 Å². The van der Waals surface area contributed by atoms with Crippen molar-refractivity contribution >= 4 is 15.7 Å². The van der Waals surface area contributed by atoms with Crippen molar-refractivity contribution in [3.05, 3.63) is 78.2 Å². The van der Waals surface area contributed by atoms with Crippen molar-refractivity contribution in [2.24, 2.45) is 7.05 Å². The maximum Gasteiger partial charge on any atom is 0.262 e. The molecular formula is C24H30N4O2S. The van der Waals surface area contributed by atoms with E-state index in [1.807, 2.05) is 24.3 Å². The van der Waals surface area contributed by atoms with E-state index in [1.54, 1.807) is 22.1 Å². The molecule has 2 atom stereocenters. The minimum atomic E-state index is -3.65. The van der Waals surface area contributed by atoms with E-state index in [2.05, 4.69) is 61.4 Å². The first-order valence-corrected chi connectivity index (χ1v) is 12.0. The molecule has 1 N–H and O–H groups in total. The summed E-state index contributed by atoms with van der Waals surface area (Å²) in [6.07, 6.45) is 3.08. The molecule has 1 aliphatic heterocycles. The van der Waals surface area contributed by atoms with E-state index in [9.17, 15) is 8.42 Å². The number of anilines is 1. The van der Waals surface area contributed by atoms with Crippen molar-refractivity contribution in [1.82, 2.24) is 13.9 Å². The first-order chi connectivity index (χ1) is 14.6. The van der Waals surface area contributed by atoms with Crippen LogP contribution in [0.5, 0.6) is 0 Å². The van der Waals surface area contributed by atoms with Crippen LogP contribution < -0.4 is 5.32 Å². The van der Waals surface area contributed by atoms with Crippen LogP contribution in [0.2, 0.25) is 0 Å². The zero-order chi connectivity index (χ0) is 22.2. The molecule has 1 aromatic heterocycles. The molecule has 7 heteroatoms. The Bertz CT molecular complexity index is 1150. The number of sulfonamides is 1. The number of rotatable bonds is 5. The quantitative estimate of drug-likeness (QED) is 0.654. The van der Waals surface area contributed by atoms with Gasteiger partial charge >= 0.3 is 0 Å². The molecule has 4 rings (SSSR count). The minimum absolute atomic E-state index is 0.0398. The van der Waals surface area contributed by atoms with Gasteiger partial charge in [0.25, 0.3) is 10.0 Å². The third kappa shape index (κ3) is 4.52. The Kier molecular flexibility index (Phi) is 5.66. The fourth-order valence-electron chi connectivity index (χ4n) is 4.09. The maximum absolute atomic E-state index is 13.2. The maximum atomic E-state index is 13.2. The monoisotopic (exact) mass is 438 g/mol. The number of aryl methyl sites for hydroxylation is 1.